The molecule has 4 saturated heterocycles. The van der Waals surface area contributed by atoms with Gasteiger partial charge in [0.1, 0.15) is 17.1 Å². The summed E-state index contributed by atoms with van der Waals surface area (Å²) < 4.78 is 263. The fraction of sp³-hybridized carbons (Fsp3) is 0.420. The standard InChI is InChI=1S/C21H31ClN4OS.C19H20N4OS.C18H18N4OS.C11H12N4OS.4F6P/c1-14(13-21(2,3)4)8-11-27-16-12-15-19(17(22)18(16)25-23)28-20(24-15)26-9-6-5-7-10-26;20-22-16-13-18-17(21-19(25-18)23-8-10-24-11-9-23)12-15(16)7-6-14-4-2-1-3-5-14;19-21-15-12-17-16(11-14(15)10-13-4-2-1-3-5-13)20-18(24-17)22-6-8-23-9-7-22;12-14-8-1-2-9-10(7-8)17-11(13-9)15-3-5-16-6-4-15;4*1-7(2,3,4,5)6/h12,14,23H,5-11,13H2,1-4H3;1-5,12-13,20H,6-11H2;1-5,11-12,19H,6-10H2;1-2,7,12H,3-6H2;;;;/q;;;;4*-1/p+4. The maximum atomic E-state index is 9.87. The molecular weight excluding hydrogens is 1860 g/mol. The summed E-state index contributed by atoms with van der Waals surface area (Å²) in [5.74, 6) is 1.21. The second kappa shape index (κ2) is 37.2. The molecule has 122 heavy (non-hydrogen) atoms. The number of morpholine rings is 3. The average Bonchev–Trinajstić information content (AvgIpc) is 1.75. The molecule has 4 aliphatic heterocycles. The molecule has 4 aromatic heterocycles. The van der Waals surface area contributed by atoms with Crippen LogP contribution in [0, 0.1) is 11.3 Å². The Labute approximate surface area is 701 Å². The van der Waals surface area contributed by atoms with E-state index in [1.165, 1.54) is 30.4 Å². The number of ether oxygens (including phenoxy) is 4. The van der Waals surface area contributed by atoms with Gasteiger partial charge in [0.15, 0.2) is 32.0 Å². The molecule has 8 N–H and O–H groups in total. The van der Waals surface area contributed by atoms with E-state index in [1.54, 1.807) is 45.3 Å². The number of rotatable bonds is 18. The summed E-state index contributed by atoms with van der Waals surface area (Å²) in [4.78, 5) is 28.3. The van der Waals surface area contributed by atoms with Crippen molar-refractivity contribution in [2.45, 2.75) is 79.1 Å². The second-order valence-corrected chi connectivity index (χ2v) is 40.8. The number of hydrogen-bond acceptors (Lipinski definition) is 20. The summed E-state index contributed by atoms with van der Waals surface area (Å²) in [5, 5.41) is 20.3. The normalized spacial score (nSPS) is 17.3. The first-order chi connectivity index (χ1) is 55.6. The molecule has 6 aromatic carbocycles. The first-order valence-electron chi connectivity index (χ1n) is 36.4. The summed E-state index contributed by atoms with van der Waals surface area (Å²) in [6.45, 7) is 21.8. The third kappa shape index (κ3) is 42.5. The van der Waals surface area contributed by atoms with E-state index in [9.17, 15) is 101 Å². The Balaban J connectivity index is 0.000000204. The van der Waals surface area contributed by atoms with Gasteiger partial charge in [-0.2, -0.15) is 22.1 Å². The van der Waals surface area contributed by atoms with Gasteiger partial charge in [-0.15, -0.1) is 0 Å². The number of halogens is 25. The Hall–Kier alpha value is -7.51. The third-order valence-corrected chi connectivity index (χ3v) is 21.6. The van der Waals surface area contributed by atoms with Crippen LogP contribution in [0.3, 0.4) is 0 Å². The van der Waals surface area contributed by atoms with Crippen molar-refractivity contribution < 1.29 is 142 Å². The number of nitrogens with two attached hydrogens (primary N) is 4. The van der Waals surface area contributed by atoms with Crippen molar-refractivity contribution >= 4 is 172 Å². The third-order valence-electron chi connectivity index (χ3n) is 16.7. The second-order valence-electron chi connectivity index (χ2n) is 28.8. The van der Waals surface area contributed by atoms with E-state index in [0.29, 0.717) is 34.4 Å². The largest absolute Gasteiger partial charge is 0.378 e. The van der Waals surface area contributed by atoms with Crippen molar-refractivity contribution in [2.75, 3.05) is 118 Å². The molecule has 0 amide bonds. The first kappa shape index (κ1) is 102. The number of benzene rings is 6. The van der Waals surface area contributed by atoms with Gasteiger partial charge in [-0.1, -0.05) is 145 Å². The molecule has 0 saturated carbocycles. The van der Waals surface area contributed by atoms with Crippen molar-refractivity contribution in [1.82, 2.24) is 19.9 Å². The van der Waals surface area contributed by atoms with Crippen LogP contribution >= 0.6 is 88.2 Å². The molecule has 0 spiro atoms. The van der Waals surface area contributed by atoms with Crippen LogP contribution in [0.1, 0.15) is 82.1 Å². The number of fused-ring (bicyclic) bond motifs is 4. The molecule has 0 radical (unpaired) electrons. The van der Waals surface area contributed by atoms with E-state index in [-0.39, 0.29) is 0 Å². The van der Waals surface area contributed by atoms with Crippen molar-refractivity contribution in [3.05, 3.63) is 136 Å². The predicted octanol–water partition coefficient (Wildman–Crippen LogP) is 25.5. The van der Waals surface area contributed by atoms with Crippen molar-refractivity contribution in [3.8, 4) is 5.75 Å². The molecule has 1 unspecified atom stereocenters. The topological polar surface area (TPSA) is 253 Å². The molecular formula is C69H85ClF24N16O4P4S4. The smallest absolute Gasteiger partial charge is 0.186 e. The van der Waals surface area contributed by atoms with E-state index in [0.717, 1.165) is 214 Å². The minimum atomic E-state index is -10.7. The van der Waals surface area contributed by atoms with E-state index < -0.39 is 31.2 Å². The Morgan fingerprint density at radius 1 is 0.434 bits per heavy atom. The van der Waals surface area contributed by atoms with Crippen molar-refractivity contribution in [2.24, 2.45) is 31.8 Å². The Bertz CT molecular complexity index is 5070. The van der Waals surface area contributed by atoms with Crippen LogP contribution < -0.4 is 46.5 Å². The number of aromatic nitrogens is 4. The zero-order valence-electron chi connectivity index (χ0n) is 64.9. The van der Waals surface area contributed by atoms with Crippen LogP contribution in [0.25, 0.3) is 40.9 Å². The Morgan fingerprint density at radius 2 is 0.811 bits per heavy atom. The quantitative estimate of drug-likeness (QED) is 0.0356. The molecule has 0 aliphatic carbocycles. The summed E-state index contributed by atoms with van der Waals surface area (Å²) in [6.07, 6.45) is 8.54. The number of piperidine rings is 1. The molecule has 4 fully saturated rings. The van der Waals surface area contributed by atoms with Gasteiger partial charge in [0.2, 0.25) is 0 Å². The Kier molecular flexibility index (Phi) is 31.0. The van der Waals surface area contributed by atoms with E-state index in [4.69, 9.17) is 67.6 Å². The van der Waals surface area contributed by atoms with E-state index in [1.807, 2.05) is 48.5 Å². The fourth-order valence-electron chi connectivity index (χ4n) is 11.9. The SMILES string of the molecule is CC(CCOc1cc2nc(N3CCCCC3)sc2c(Cl)c1N=[NH2+])CC(C)(C)C.F[P-](F)(F)(F)(F)F.F[P-](F)(F)(F)(F)F.F[P-](F)(F)(F)(F)F.F[P-](F)(F)(F)(F)F.[NH2+]=Nc1cc2sc(N3CCOCC3)nc2cc1CCc1ccccc1.[NH2+]=Nc1cc2sc(N3CCOCC3)nc2cc1Cc1ccccc1.[NH2+]=Nc1ccc2nc(N3CCOCC3)sc2c1. The molecule has 10 aromatic rings. The minimum Gasteiger partial charge on any atom is -0.378 e. The molecule has 684 valence electrons. The zero-order valence-corrected chi connectivity index (χ0v) is 72.5. The van der Waals surface area contributed by atoms with Gasteiger partial charge in [-0.25, -0.2) is 19.9 Å². The summed E-state index contributed by atoms with van der Waals surface area (Å²) >= 11 is 13.3. The summed E-state index contributed by atoms with van der Waals surface area (Å²) in [7, 11) is -42.6. The van der Waals surface area contributed by atoms with Crippen LogP contribution in [0.2, 0.25) is 5.02 Å². The first-order valence-corrected chi connectivity index (χ1v) is 48.1. The van der Waals surface area contributed by atoms with Gasteiger partial charge in [-0.3, -0.25) is 0 Å². The molecule has 4 aliphatic rings. The number of aryl methyl sites for hydroxylation is 2. The summed E-state index contributed by atoms with van der Waals surface area (Å²) in [6, 6.07) is 37.0. The molecule has 14 rings (SSSR count). The predicted molar refractivity (Wildman–Crippen MR) is 435 cm³/mol. The van der Waals surface area contributed by atoms with Gasteiger partial charge in [-0.05, 0) is 148 Å². The van der Waals surface area contributed by atoms with Gasteiger partial charge < -0.3 is 38.5 Å². The molecule has 20 nitrogen and oxygen atoms in total. The van der Waals surface area contributed by atoms with Crippen LogP contribution in [0.4, 0.5) is 144 Å². The van der Waals surface area contributed by atoms with Gasteiger partial charge >= 0.3 is 132 Å². The van der Waals surface area contributed by atoms with Gasteiger partial charge in [0.05, 0.1) is 92.1 Å². The van der Waals surface area contributed by atoms with Gasteiger partial charge in [0.25, 0.3) is 0 Å². The van der Waals surface area contributed by atoms with Crippen LogP contribution in [-0.2, 0) is 33.5 Å². The van der Waals surface area contributed by atoms with Gasteiger partial charge in [0, 0.05) is 58.4 Å². The summed E-state index contributed by atoms with van der Waals surface area (Å²) in [5.41, 5.74) is 34.2. The van der Waals surface area contributed by atoms with Crippen LogP contribution in [-0.4, -0.2) is 119 Å². The number of thiazole rings is 4. The monoisotopic (exact) mass is 1940 g/mol. The molecule has 53 heteroatoms. The van der Waals surface area contributed by atoms with Crippen LogP contribution in [0.15, 0.2) is 130 Å². The van der Waals surface area contributed by atoms with Crippen molar-refractivity contribution in [1.29, 1.82) is 0 Å². The number of nitrogens with zero attached hydrogens (tertiary/aromatic N) is 12. The van der Waals surface area contributed by atoms with E-state index in [2.05, 4.69) is 133 Å². The average molecular weight is 1950 g/mol. The molecule has 0 bridgehead atoms. The minimum absolute atomic E-state index is 0.324. The Morgan fingerprint density at radius 3 is 1.22 bits per heavy atom. The molecule has 1 atom stereocenters. The maximum absolute atomic E-state index is 10.7. The fourth-order valence-corrected chi connectivity index (χ4v) is 16.4. The maximum Gasteiger partial charge on any atom is 0.186 e. The number of hydrogen-bond donors (Lipinski definition) is 4. The molecule has 8 heterocycles. The van der Waals surface area contributed by atoms with Crippen LogP contribution in [0.5, 0.6) is 5.75 Å². The zero-order chi connectivity index (χ0) is 91.0. The van der Waals surface area contributed by atoms with E-state index >= 15 is 0 Å². The number of anilines is 4. The van der Waals surface area contributed by atoms with Crippen molar-refractivity contribution in [3.63, 3.8) is 0 Å².